The summed E-state index contributed by atoms with van der Waals surface area (Å²) >= 11 is 5.40. The van der Waals surface area contributed by atoms with Crippen molar-refractivity contribution in [2.75, 3.05) is 0 Å². The minimum atomic E-state index is 0.344. The Hall–Kier alpha value is -1.55. The largest absolute Gasteiger partial charge is 0.493 e. The molecule has 0 amide bonds. The molecular weight excluding hydrogens is 232 g/mol. The minimum absolute atomic E-state index is 0.344. The number of nitrogens with zero attached hydrogens (tertiary/aromatic N) is 2. The Kier molecular flexibility index (Phi) is 2.52. The van der Waals surface area contributed by atoms with Crippen LogP contribution in [0.15, 0.2) is 30.3 Å². The van der Waals surface area contributed by atoms with Crippen molar-refractivity contribution in [2.24, 2.45) is 0 Å². The van der Waals surface area contributed by atoms with E-state index >= 15 is 0 Å². The van der Waals surface area contributed by atoms with E-state index in [2.05, 4.69) is 0 Å². The number of hydrogen-bond acceptors (Lipinski definition) is 2. The molecule has 4 heteroatoms. The van der Waals surface area contributed by atoms with Crippen molar-refractivity contribution in [2.45, 2.75) is 25.9 Å². The lowest BCUT2D eigenvalue weighted by molar-refractivity contribution is 0.417. The van der Waals surface area contributed by atoms with E-state index in [1.807, 2.05) is 39.5 Å². The van der Waals surface area contributed by atoms with Gasteiger partial charge in [0.2, 0.25) is 5.88 Å². The van der Waals surface area contributed by atoms with Gasteiger partial charge in [0.05, 0.1) is 12.2 Å². The van der Waals surface area contributed by atoms with Crippen LogP contribution >= 0.6 is 12.2 Å². The number of rotatable bonds is 2. The lowest BCUT2D eigenvalue weighted by Crippen LogP contribution is -2.01. The molecule has 1 aromatic carbocycles. The van der Waals surface area contributed by atoms with E-state index in [1.54, 1.807) is 0 Å². The van der Waals surface area contributed by atoms with Crippen molar-refractivity contribution in [1.82, 2.24) is 9.13 Å². The highest BCUT2D eigenvalue weighted by Gasteiger charge is 2.20. The normalized spacial score (nSPS) is 13.9. The summed E-state index contributed by atoms with van der Waals surface area (Å²) in [7, 11) is 0. The predicted octanol–water partition coefficient (Wildman–Crippen LogP) is 2.72. The van der Waals surface area contributed by atoms with Crippen molar-refractivity contribution in [3.63, 3.8) is 0 Å². The van der Waals surface area contributed by atoms with Gasteiger partial charge in [0, 0.05) is 6.54 Å². The van der Waals surface area contributed by atoms with Crippen LogP contribution in [0.5, 0.6) is 5.88 Å². The minimum Gasteiger partial charge on any atom is -0.493 e. The number of hydrogen-bond donors (Lipinski definition) is 1. The first-order valence-electron chi connectivity index (χ1n) is 5.82. The Balaban J connectivity index is 2.03. The van der Waals surface area contributed by atoms with Gasteiger partial charge in [-0.25, -0.2) is 0 Å². The fourth-order valence-corrected chi connectivity index (χ4v) is 2.77. The fourth-order valence-electron chi connectivity index (χ4n) is 2.42. The number of imidazole rings is 1. The molecule has 1 aliphatic rings. The first kappa shape index (κ1) is 10.6. The van der Waals surface area contributed by atoms with E-state index in [1.165, 1.54) is 0 Å². The Bertz CT molecular complexity index is 598. The van der Waals surface area contributed by atoms with Gasteiger partial charge in [-0.05, 0) is 30.6 Å². The summed E-state index contributed by atoms with van der Waals surface area (Å²) in [5.41, 5.74) is 2.15. The lowest BCUT2D eigenvalue weighted by atomic mass is 10.2. The molecule has 0 saturated heterocycles. The van der Waals surface area contributed by atoms with Gasteiger partial charge < -0.3 is 9.67 Å². The highest BCUT2D eigenvalue weighted by molar-refractivity contribution is 7.71. The number of benzene rings is 1. The topological polar surface area (TPSA) is 30.1 Å². The molecule has 0 spiro atoms. The van der Waals surface area contributed by atoms with Gasteiger partial charge in [0.1, 0.15) is 0 Å². The molecule has 0 fully saturated rings. The van der Waals surface area contributed by atoms with Crippen LogP contribution < -0.4 is 0 Å². The fraction of sp³-hybridized carbons (Fsp3) is 0.308. The molecule has 17 heavy (non-hydrogen) atoms. The average Bonchev–Trinajstić information content (AvgIpc) is 2.91. The summed E-state index contributed by atoms with van der Waals surface area (Å²) in [6.45, 7) is 1.58. The zero-order valence-corrected chi connectivity index (χ0v) is 10.3. The van der Waals surface area contributed by atoms with Crippen LogP contribution in [0.25, 0.3) is 0 Å². The molecule has 0 saturated carbocycles. The van der Waals surface area contributed by atoms with E-state index in [9.17, 15) is 5.11 Å². The van der Waals surface area contributed by atoms with Gasteiger partial charge in [0.15, 0.2) is 4.77 Å². The molecule has 1 N–H and O–H groups in total. The smallest absolute Gasteiger partial charge is 0.213 e. The van der Waals surface area contributed by atoms with Crippen LogP contribution in [0.2, 0.25) is 0 Å². The monoisotopic (exact) mass is 246 g/mol. The third kappa shape index (κ3) is 1.69. The first-order chi connectivity index (χ1) is 8.27. The Morgan fingerprint density at radius 1 is 1.24 bits per heavy atom. The van der Waals surface area contributed by atoms with Crippen molar-refractivity contribution in [3.8, 4) is 5.88 Å². The number of fused-ring (bicyclic) bond motifs is 1. The summed E-state index contributed by atoms with van der Waals surface area (Å²) in [6, 6.07) is 10.1. The summed E-state index contributed by atoms with van der Waals surface area (Å²) < 4.78 is 4.60. The van der Waals surface area contributed by atoms with E-state index in [0.717, 1.165) is 35.4 Å². The molecule has 0 radical (unpaired) electrons. The number of aromatic nitrogens is 2. The Morgan fingerprint density at radius 2 is 2.00 bits per heavy atom. The summed E-state index contributed by atoms with van der Waals surface area (Å²) in [5.74, 6) is 0.344. The van der Waals surface area contributed by atoms with E-state index < -0.39 is 0 Å². The van der Waals surface area contributed by atoms with Crippen LogP contribution in [0.3, 0.4) is 0 Å². The zero-order valence-electron chi connectivity index (χ0n) is 9.47. The van der Waals surface area contributed by atoms with Crippen LogP contribution in [-0.2, 0) is 19.5 Å². The van der Waals surface area contributed by atoms with Crippen molar-refractivity contribution >= 4 is 12.2 Å². The second kappa shape index (κ2) is 4.04. The molecular formula is C13H14N2OS. The van der Waals surface area contributed by atoms with Crippen LogP contribution in [0, 0.1) is 4.77 Å². The average molecular weight is 246 g/mol. The highest BCUT2D eigenvalue weighted by atomic mass is 32.1. The van der Waals surface area contributed by atoms with Gasteiger partial charge in [-0.2, -0.15) is 0 Å². The highest BCUT2D eigenvalue weighted by Crippen LogP contribution is 2.28. The lowest BCUT2D eigenvalue weighted by Gasteiger charge is -2.05. The van der Waals surface area contributed by atoms with Crippen LogP contribution in [0.1, 0.15) is 17.7 Å². The summed E-state index contributed by atoms with van der Waals surface area (Å²) in [5, 5.41) is 10.2. The molecule has 2 heterocycles. The van der Waals surface area contributed by atoms with E-state index in [4.69, 9.17) is 12.2 Å². The second-order valence-electron chi connectivity index (χ2n) is 4.38. The molecule has 3 rings (SSSR count). The van der Waals surface area contributed by atoms with Crippen molar-refractivity contribution < 1.29 is 5.11 Å². The van der Waals surface area contributed by atoms with Crippen LogP contribution in [0.4, 0.5) is 0 Å². The van der Waals surface area contributed by atoms with Gasteiger partial charge in [-0.3, -0.25) is 4.57 Å². The Morgan fingerprint density at radius 3 is 2.71 bits per heavy atom. The predicted molar refractivity (Wildman–Crippen MR) is 68.8 cm³/mol. The first-order valence-corrected chi connectivity index (χ1v) is 6.23. The zero-order chi connectivity index (χ0) is 11.8. The maximum Gasteiger partial charge on any atom is 0.213 e. The summed E-state index contributed by atoms with van der Waals surface area (Å²) in [4.78, 5) is 0. The molecule has 88 valence electrons. The van der Waals surface area contributed by atoms with Gasteiger partial charge in [-0.15, -0.1) is 0 Å². The maximum absolute atomic E-state index is 10.2. The number of aromatic hydroxyl groups is 1. The molecule has 0 aliphatic carbocycles. The maximum atomic E-state index is 10.2. The summed E-state index contributed by atoms with van der Waals surface area (Å²) in [6.07, 6.45) is 2.01. The third-order valence-corrected chi connectivity index (χ3v) is 3.72. The SMILES string of the molecule is Oc1c2n(c(=S)n1Cc1ccccc1)CCC2. The standard InChI is InChI=1S/C13H14N2OS/c16-12-11-7-4-8-14(11)13(17)15(12)9-10-5-2-1-3-6-10/h1-3,5-6,16H,4,7-9H2. The van der Waals surface area contributed by atoms with E-state index in [-0.39, 0.29) is 0 Å². The Labute approximate surface area is 105 Å². The van der Waals surface area contributed by atoms with E-state index in [0.29, 0.717) is 12.4 Å². The molecule has 0 unspecified atom stereocenters. The van der Waals surface area contributed by atoms with Crippen LogP contribution in [-0.4, -0.2) is 14.2 Å². The van der Waals surface area contributed by atoms with Gasteiger partial charge in [0.25, 0.3) is 0 Å². The third-order valence-electron chi connectivity index (χ3n) is 3.28. The second-order valence-corrected chi connectivity index (χ2v) is 4.74. The molecule has 3 nitrogen and oxygen atoms in total. The molecule has 0 bridgehead atoms. The molecule has 0 atom stereocenters. The molecule has 1 aliphatic heterocycles. The van der Waals surface area contributed by atoms with Gasteiger partial charge in [-0.1, -0.05) is 30.3 Å². The quantitative estimate of drug-likeness (QED) is 0.826. The molecule has 1 aromatic heterocycles. The molecule has 2 aromatic rings. The van der Waals surface area contributed by atoms with Crippen molar-refractivity contribution in [1.29, 1.82) is 0 Å². The van der Waals surface area contributed by atoms with Gasteiger partial charge >= 0.3 is 0 Å². The van der Waals surface area contributed by atoms with Crippen molar-refractivity contribution in [3.05, 3.63) is 46.4 Å².